The van der Waals surface area contributed by atoms with Gasteiger partial charge in [-0.2, -0.15) is 10.1 Å². The first kappa shape index (κ1) is 17.9. The summed E-state index contributed by atoms with van der Waals surface area (Å²) >= 11 is 3.49. The van der Waals surface area contributed by atoms with E-state index in [0.29, 0.717) is 17.8 Å². The van der Waals surface area contributed by atoms with Crippen LogP contribution in [0, 0.1) is 0 Å². The van der Waals surface area contributed by atoms with E-state index in [4.69, 9.17) is 9.84 Å². The van der Waals surface area contributed by atoms with Crippen molar-refractivity contribution in [2.45, 2.75) is 6.54 Å². The summed E-state index contributed by atoms with van der Waals surface area (Å²) in [5.41, 5.74) is 0.995. The summed E-state index contributed by atoms with van der Waals surface area (Å²) in [4.78, 5) is 34.7. The molecule has 10 nitrogen and oxygen atoms in total. The molecule has 2 N–H and O–H groups in total. The zero-order valence-electron chi connectivity index (χ0n) is 14.5. The van der Waals surface area contributed by atoms with Crippen molar-refractivity contribution in [1.29, 1.82) is 0 Å². The number of rotatable bonds is 5. The Morgan fingerprint density at radius 3 is 2.93 bits per heavy atom. The number of aromatic nitrogens is 6. The number of carboxylic acid groups (broad SMARTS) is 1. The van der Waals surface area contributed by atoms with Gasteiger partial charge in [0.15, 0.2) is 11.2 Å². The molecule has 142 valence electrons. The molecule has 0 aliphatic heterocycles. The summed E-state index contributed by atoms with van der Waals surface area (Å²) in [6.07, 6.45) is 3.95. The second kappa shape index (κ2) is 6.93. The van der Waals surface area contributed by atoms with Crippen molar-refractivity contribution in [1.82, 2.24) is 29.3 Å². The van der Waals surface area contributed by atoms with E-state index < -0.39 is 11.5 Å². The number of aromatic amines is 1. The molecule has 0 atom stereocenters. The second-order valence-electron chi connectivity index (χ2n) is 5.87. The Balaban J connectivity index is 1.75. The molecule has 11 heteroatoms. The van der Waals surface area contributed by atoms with Gasteiger partial charge in [-0.1, -0.05) is 15.9 Å². The number of H-pyrrole nitrogens is 1. The fourth-order valence-electron chi connectivity index (χ4n) is 2.73. The lowest BCUT2D eigenvalue weighted by Crippen LogP contribution is -2.16. The second-order valence-corrected chi connectivity index (χ2v) is 6.72. The highest BCUT2D eigenvalue weighted by molar-refractivity contribution is 9.10. The van der Waals surface area contributed by atoms with Gasteiger partial charge in [-0.05, 0) is 23.8 Å². The Morgan fingerprint density at radius 2 is 2.21 bits per heavy atom. The number of carboxylic acids is 1. The molecular formula is C17H13BrN6O4. The Bertz CT molecular complexity index is 1260. The van der Waals surface area contributed by atoms with Crippen molar-refractivity contribution in [2.24, 2.45) is 0 Å². The van der Waals surface area contributed by atoms with Gasteiger partial charge in [0.05, 0.1) is 31.7 Å². The van der Waals surface area contributed by atoms with Crippen LogP contribution in [0.5, 0.6) is 5.75 Å². The number of benzene rings is 1. The van der Waals surface area contributed by atoms with Gasteiger partial charge in [-0.3, -0.25) is 9.78 Å². The molecule has 0 aliphatic rings. The van der Waals surface area contributed by atoms with Gasteiger partial charge in [0, 0.05) is 10.7 Å². The Morgan fingerprint density at radius 1 is 1.39 bits per heavy atom. The number of nitrogens with one attached hydrogen (secondary N) is 1. The summed E-state index contributed by atoms with van der Waals surface area (Å²) in [6, 6.07) is 5.56. The van der Waals surface area contributed by atoms with Crippen molar-refractivity contribution >= 4 is 33.1 Å². The first-order valence-electron chi connectivity index (χ1n) is 8.02. The molecular weight excluding hydrogens is 432 g/mol. The summed E-state index contributed by atoms with van der Waals surface area (Å²) in [6.45, 7) is 0.378. The number of fused-ring (bicyclic) bond motifs is 1. The van der Waals surface area contributed by atoms with Gasteiger partial charge in [-0.25, -0.2) is 14.5 Å². The standard InChI is InChI=1S/C17H13BrN6O4/c1-28-11-2-3-12(18)9(4-11)6-23-8-19-14-13(23)15(25)22-17(21-14)24-7-10(5-20-24)16(26)27/h2-5,7-8H,6H2,1H3,(H,26,27)(H,21,22,25). The zero-order valence-corrected chi connectivity index (χ0v) is 16.0. The zero-order chi connectivity index (χ0) is 19.8. The average molecular weight is 445 g/mol. The van der Waals surface area contributed by atoms with Crippen LogP contribution >= 0.6 is 15.9 Å². The van der Waals surface area contributed by atoms with Crippen molar-refractivity contribution < 1.29 is 14.6 Å². The number of methoxy groups -OCH3 is 1. The molecule has 0 bridgehead atoms. The van der Waals surface area contributed by atoms with E-state index in [1.165, 1.54) is 23.4 Å². The van der Waals surface area contributed by atoms with Crippen LogP contribution < -0.4 is 10.3 Å². The van der Waals surface area contributed by atoms with Gasteiger partial charge in [0.1, 0.15) is 5.75 Å². The van der Waals surface area contributed by atoms with Crippen molar-refractivity contribution in [3.05, 3.63) is 62.9 Å². The molecule has 0 unspecified atom stereocenters. The Kier molecular flexibility index (Phi) is 4.43. The maximum absolute atomic E-state index is 12.6. The Hall–Kier alpha value is -3.47. The van der Waals surface area contributed by atoms with Crippen molar-refractivity contribution in [3.8, 4) is 11.7 Å². The van der Waals surface area contributed by atoms with Crippen molar-refractivity contribution in [2.75, 3.05) is 7.11 Å². The highest BCUT2D eigenvalue weighted by atomic mass is 79.9. The van der Waals surface area contributed by atoms with E-state index in [2.05, 4.69) is 36.0 Å². The molecule has 28 heavy (non-hydrogen) atoms. The topological polar surface area (TPSA) is 128 Å². The van der Waals surface area contributed by atoms with E-state index >= 15 is 0 Å². The maximum atomic E-state index is 12.6. The van der Waals surface area contributed by atoms with E-state index in [1.54, 1.807) is 11.7 Å². The van der Waals surface area contributed by atoms with Gasteiger partial charge in [-0.15, -0.1) is 0 Å². The third-order valence-corrected chi connectivity index (χ3v) is 4.88. The number of imidazole rings is 1. The molecule has 0 radical (unpaired) electrons. The molecule has 0 saturated heterocycles. The molecule has 4 aromatic rings. The van der Waals surface area contributed by atoms with E-state index in [9.17, 15) is 9.59 Å². The maximum Gasteiger partial charge on any atom is 0.338 e. The monoisotopic (exact) mass is 444 g/mol. The summed E-state index contributed by atoms with van der Waals surface area (Å²) in [5, 5.41) is 12.9. The lowest BCUT2D eigenvalue weighted by molar-refractivity contribution is 0.0697. The van der Waals surface area contributed by atoms with E-state index in [0.717, 1.165) is 10.0 Å². The highest BCUT2D eigenvalue weighted by Gasteiger charge is 2.15. The first-order chi connectivity index (χ1) is 13.5. The Labute approximate surface area is 165 Å². The molecule has 0 saturated carbocycles. The minimum Gasteiger partial charge on any atom is -0.497 e. The number of ether oxygens (including phenoxy) is 1. The molecule has 0 aliphatic carbocycles. The van der Waals surface area contributed by atoms with E-state index in [1.807, 2.05) is 18.2 Å². The lowest BCUT2D eigenvalue weighted by Gasteiger charge is -2.09. The fraction of sp³-hybridized carbons (Fsp3) is 0.118. The van der Waals surface area contributed by atoms with Gasteiger partial charge in [0.25, 0.3) is 5.56 Å². The molecule has 0 fully saturated rings. The molecule has 1 aromatic carbocycles. The van der Waals surface area contributed by atoms with Gasteiger partial charge < -0.3 is 14.4 Å². The van der Waals surface area contributed by atoms with E-state index in [-0.39, 0.29) is 17.2 Å². The SMILES string of the molecule is COc1ccc(Br)c(Cn2cnc3nc(-n4cc(C(=O)O)cn4)[nH]c(=O)c32)c1. The predicted octanol–water partition coefficient (Wildman–Crippen LogP) is 1.82. The summed E-state index contributed by atoms with van der Waals surface area (Å²) in [7, 11) is 1.58. The number of hydrogen-bond acceptors (Lipinski definition) is 6. The number of nitrogens with zero attached hydrogens (tertiary/aromatic N) is 5. The molecule has 3 aromatic heterocycles. The van der Waals surface area contributed by atoms with Crippen LogP contribution in [-0.4, -0.2) is 47.5 Å². The minimum absolute atomic E-state index is 0.0175. The third kappa shape index (κ3) is 3.16. The van der Waals surface area contributed by atoms with Crippen LogP contribution in [-0.2, 0) is 6.54 Å². The smallest absolute Gasteiger partial charge is 0.338 e. The predicted molar refractivity (Wildman–Crippen MR) is 102 cm³/mol. The molecule has 4 rings (SSSR count). The fourth-order valence-corrected chi connectivity index (χ4v) is 3.11. The number of carbonyl (C=O) groups is 1. The van der Waals surface area contributed by atoms with Crippen LogP contribution in [0.4, 0.5) is 0 Å². The van der Waals surface area contributed by atoms with Crippen LogP contribution in [0.2, 0.25) is 0 Å². The van der Waals surface area contributed by atoms with Crippen LogP contribution in [0.1, 0.15) is 15.9 Å². The average Bonchev–Trinajstić information content (AvgIpc) is 3.31. The number of halogens is 1. The largest absolute Gasteiger partial charge is 0.497 e. The normalized spacial score (nSPS) is 11.1. The molecule has 3 heterocycles. The van der Waals surface area contributed by atoms with Gasteiger partial charge in [0.2, 0.25) is 5.95 Å². The lowest BCUT2D eigenvalue weighted by atomic mass is 10.2. The number of hydrogen-bond donors (Lipinski definition) is 2. The van der Waals surface area contributed by atoms with Crippen LogP contribution in [0.3, 0.4) is 0 Å². The first-order valence-corrected chi connectivity index (χ1v) is 8.81. The van der Waals surface area contributed by atoms with Crippen LogP contribution in [0.15, 0.2) is 46.2 Å². The minimum atomic E-state index is -1.12. The molecule has 0 amide bonds. The van der Waals surface area contributed by atoms with Crippen LogP contribution in [0.25, 0.3) is 17.1 Å². The summed E-state index contributed by atoms with van der Waals surface area (Å²) < 4.78 is 8.97. The highest BCUT2D eigenvalue weighted by Crippen LogP contribution is 2.24. The summed E-state index contributed by atoms with van der Waals surface area (Å²) in [5.74, 6) is -0.342. The molecule has 0 spiro atoms. The third-order valence-electron chi connectivity index (χ3n) is 4.11. The van der Waals surface area contributed by atoms with Crippen molar-refractivity contribution in [3.63, 3.8) is 0 Å². The number of aromatic carboxylic acids is 1. The van der Waals surface area contributed by atoms with Gasteiger partial charge >= 0.3 is 5.97 Å². The quantitative estimate of drug-likeness (QED) is 0.480.